The highest BCUT2D eigenvalue weighted by atomic mass is 127. The van der Waals surface area contributed by atoms with E-state index in [1.165, 1.54) is 12.2 Å². The fourth-order valence-corrected chi connectivity index (χ4v) is 2.25. The van der Waals surface area contributed by atoms with Crippen LogP contribution < -0.4 is 0 Å². The predicted octanol–water partition coefficient (Wildman–Crippen LogP) is 3.91. The topological polar surface area (TPSA) is 34.1 Å². The van der Waals surface area contributed by atoms with Crippen LogP contribution in [0.4, 0.5) is 0 Å². The Hall–Kier alpha value is -1.75. The molecule has 0 aliphatic rings. The molecule has 0 N–H and O–H groups in total. The van der Waals surface area contributed by atoms with Crippen LogP contribution in [0.25, 0.3) is 0 Å². The van der Waals surface area contributed by atoms with Crippen LogP contribution in [0, 0.1) is 3.57 Å². The van der Waals surface area contributed by atoms with Gasteiger partial charge in [-0.25, -0.2) is 0 Å². The zero-order chi connectivity index (χ0) is 13.7. The Morgan fingerprint density at radius 3 is 2.05 bits per heavy atom. The first-order valence-corrected chi connectivity index (χ1v) is 6.82. The second-order valence-electron chi connectivity index (χ2n) is 3.91. The molecule has 0 atom stereocenters. The Balaban J connectivity index is 2.14. The van der Waals surface area contributed by atoms with Gasteiger partial charge in [0, 0.05) is 14.7 Å². The molecule has 0 fully saturated rings. The molecule has 0 spiro atoms. The van der Waals surface area contributed by atoms with Crippen molar-refractivity contribution in [1.29, 1.82) is 0 Å². The lowest BCUT2D eigenvalue weighted by molar-refractivity contribution is 0.102. The van der Waals surface area contributed by atoms with Gasteiger partial charge < -0.3 is 0 Å². The van der Waals surface area contributed by atoms with Crippen molar-refractivity contribution in [2.75, 3.05) is 0 Å². The molecule has 0 amide bonds. The third-order valence-electron chi connectivity index (χ3n) is 2.58. The van der Waals surface area contributed by atoms with Crippen LogP contribution in [0.3, 0.4) is 0 Å². The maximum atomic E-state index is 12.0. The van der Waals surface area contributed by atoms with Crippen LogP contribution in [0.2, 0.25) is 0 Å². The summed E-state index contributed by atoms with van der Waals surface area (Å²) in [4.78, 5) is 23.8. The van der Waals surface area contributed by atoms with Crippen molar-refractivity contribution in [3.63, 3.8) is 0 Å². The highest BCUT2D eigenvalue weighted by molar-refractivity contribution is 14.1. The average molecular weight is 362 g/mol. The maximum Gasteiger partial charge on any atom is 0.187 e. The van der Waals surface area contributed by atoms with Gasteiger partial charge in [0.25, 0.3) is 0 Å². The van der Waals surface area contributed by atoms with Crippen molar-refractivity contribution in [1.82, 2.24) is 0 Å². The summed E-state index contributed by atoms with van der Waals surface area (Å²) >= 11 is 2.10. The second kappa shape index (κ2) is 6.43. The molecule has 3 heteroatoms. The van der Waals surface area contributed by atoms with Gasteiger partial charge in [-0.1, -0.05) is 42.5 Å². The lowest BCUT2D eigenvalue weighted by atomic mass is 10.1. The Morgan fingerprint density at radius 2 is 1.37 bits per heavy atom. The molecule has 0 saturated heterocycles. The van der Waals surface area contributed by atoms with Crippen molar-refractivity contribution >= 4 is 34.2 Å². The van der Waals surface area contributed by atoms with E-state index in [0.29, 0.717) is 11.1 Å². The lowest BCUT2D eigenvalue weighted by Gasteiger charge is -1.98. The number of carbonyl (C=O) groups is 2. The zero-order valence-corrected chi connectivity index (χ0v) is 12.2. The average Bonchev–Trinajstić information content (AvgIpc) is 2.46. The molecule has 0 aliphatic heterocycles. The van der Waals surface area contributed by atoms with E-state index in [-0.39, 0.29) is 11.6 Å². The van der Waals surface area contributed by atoms with E-state index in [9.17, 15) is 9.59 Å². The number of hydrogen-bond acceptors (Lipinski definition) is 2. The van der Waals surface area contributed by atoms with Gasteiger partial charge in [0.15, 0.2) is 11.6 Å². The number of carbonyl (C=O) groups excluding carboxylic acids is 2. The quantitative estimate of drug-likeness (QED) is 0.470. The Bertz CT molecular complexity index is 630. The number of halogens is 1. The Morgan fingerprint density at radius 1 is 0.789 bits per heavy atom. The van der Waals surface area contributed by atoms with Gasteiger partial charge in [0.05, 0.1) is 0 Å². The number of benzene rings is 2. The molecule has 0 unspecified atom stereocenters. The third-order valence-corrected chi connectivity index (χ3v) is 3.52. The minimum Gasteiger partial charge on any atom is -0.289 e. The normalized spacial score (nSPS) is 10.6. The first-order chi connectivity index (χ1) is 9.18. The molecule has 0 radical (unpaired) electrons. The van der Waals surface area contributed by atoms with Crippen LogP contribution >= 0.6 is 22.6 Å². The van der Waals surface area contributed by atoms with Crippen molar-refractivity contribution in [2.24, 2.45) is 0 Å². The Kier molecular flexibility index (Phi) is 4.63. The first kappa shape index (κ1) is 13.7. The highest BCUT2D eigenvalue weighted by Crippen LogP contribution is 2.12. The van der Waals surface area contributed by atoms with Crippen molar-refractivity contribution in [3.05, 3.63) is 81.4 Å². The number of ketones is 2. The minimum atomic E-state index is -0.167. The summed E-state index contributed by atoms with van der Waals surface area (Å²) in [5.41, 5.74) is 1.19. The predicted molar refractivity (Wildman–Crippen MR) is 83.4 cm³/mol. The number of hydrogen-bond donors (Lipinski definition) is 0. The summed E-state index contributed by atoms with van der Waals surface area (Å²) in [6, 6.07) is 16.2. The SMILES string of the molecule is O=C(C=CC(=O)c1ccccc1I)c1ccccc1. The maximum absolute atomic E-state index is 12.0. The zero-order valence-electron chi connectivity index (χ0n) is 10.0. The fraction of sp³-hybridized carbons (Fsp3) is 0. The molecule has 19 heavy (non-hydrogen) atoms. The van der Waals surface area contributed by atoms with E-state index < -0.39 is 0 Å². The van der Waals surface area contributed by atoms with Crippen LogP contribution in [0.15, 0.2) is 66.7 Å². The van der Waals surface area contributed by atoms with Gasteiger partial charge in [-0.05, 0) is 46.9 Å². The molecule has 0 aliphatic carbocycles. The highest BCUT2D eigenvalue weighted by Gasteiger charge is 2.07. The van der Waals surface area contributed by atoms with E-state index in [4.69, 9.17) is 0 Å². The van der Waals surface area contributed by atoms with E-state index in [0.717, 1.165) is 3.57 Å². The van der Waals surface area contributed by atoms with Gasteiger partial charge >= 0.3 is 0 Å². The summed E-state index contributed by atoms with van der Waals surface area (Å²) < 4.78 is 0.877. The van der Waals surface area contributed by atoms with E-state index in [1.54, 1.807) is 30.3 Å². The summed E-state index contributed by atoms with van der Waals surface area (Å²) in [5.74, 6) is -0.325. The van der Waals surface area contributed by atoms with Crippen LogP contribution in [0.5, 0.6) is 0 Å². The lowest BCUT2D eigenvalue weighted by Crippen LogP contribution is -2.00. The molecule has 0 heterocycles. The van der Waals surface area contributed by atoms with Crippen LogP contribution in [-0.4, -0.2) is 11.6 Å². The minimum absolute atomic E-state index is 0.158. The molecule has 0 saturated carbocycles. The molecule has 2 aromatic carbocycles. The molecule has 0 aromatic heterocycles. The van der Waals surface area contributed by atoms with E-state index in [2.05, 4.69) is 22.6 Å². The van der Waals surface area contributed by atoms with Gasteiger partial charge in [0.2, 0.25) is 0 Å². The fourth-order valence-electron chi connectivity index (χ4n) is 1.60. The number of allylic oxidation sites excluding steroid dienone is 2. The third kappa shape index (κ3) is 3.61. The smallest absolute Gasteiger partial charge is 0.187 e. The van der Waals surface area contributed by atoms with Crippen molar-refractivity contribution < 1.29 is 9.59 Å². The molecular weight excluding hydrogens is 351 g/mol. The standard InChI is InChI=1S/C16H11IO2/c17-14-9-5-4-8-13(14)16(19)11-10-15(18)12-6-2-1-3-7-12/h1-11H. The first-order valence-electron chi connectivity index (χ1n) is 5.75. The van der Waals surface area contributed by atoms with Gasteiger partial charge in [0.1, 0.15) is 0 Å². The van der Waals surface area contributed by atoms with Crippen LogP contribution in [0.1, 0.15) is 20.7 Å². The van der Waals surface area contributed by atoms with Crippen LogP contribution in [-0.2, 0) is 0 Å². The molecular formula is C16H11IO2. The second-order valence-corrected chi connectivity index (χ2v) is 5.07. The molecule has 0 bridgehead atoms. The molecule has 2 nitrogen and oxygen atoms in total. The van der Waals surface area contributed by atoms with E-state index >= 15 is 0 Å². The van der Waals surface area contributed by atoms with Gasteiger partial charge in [-0.2, -0.15) is 0 Å². The number of rotatable bonds is 4. The summed E-state index contributed by atoms with van der Waals surface area (Å²) in [5, 5.41) is 0. The largest absolute Gasteiger partial charge is 0.289 e. The molecule has 2 aromatic rings. The molecule has 94 valence electrons. The van der Waals surface area contributed by atoms with Crippen molar-refractivity contribution in [2.45, 2.75) is 0 Å². The monoisotopic (exact) mass is 362 g/mol. The summed E-state index contributed by atoms with van der Waals surface area (Å²) in [7, 11) is 0. The van der Waals surface area contributed by atoms with Gasteiger partial charge in [-0.3, -0.25) is 9.59 Å². The van der Waals surface area contributed by atoms with Crippen molar-refractivity contribution in [3.8, 4) is 0 Å². The summed E-state index contributed by atoms with van der Waals surface area (Å²) in [6.45, 7) is 0. The molecule has 2 rings (SSSR count). The van der Waals surface area contributed by atoms with Gasteiger partial charge in [-0.15, -0.1) is 0 Å². The Labute approximate surface area is 125 Å². The summed E-state index contributed by atoms with van der Waals surface area (Å²) in [6.07, 6.45) is 2.65. The van der Waals surface area contributed by atoms with E-state index in [1.807, 2.05) is 24.3 Å².